The van der Waals surface area contributed by atoms with Crippen LogP contribution in [0.1, 0.15) is 52.9 Å². The van der Waals surface area contributed by atoms with E-state index in [1.165, 1.54) is 25.7 Å². The molecule has 1 saturated carbocycles. The second kappa shape index (κ2) is 7.00. The molecule has 0 saturated heterocycles. The van der Waals surface area contributed by atoms with Crippen LogP contribution in [-0.2, 0) is 4.79 Å². The van der Waals surface area contributed by atoms with E-state index in [0.717, 1.165) is 13.0 Å². The van der Waals surface area contributed by atoms with Crippen molar-refractivity contribution in [3.05, 3.63) is 0 Å². The minimum atomic E-state index is 0.133. The average Bonchev–Trinajstić information content (AvgIpc) is 2.81. The number of nitrogens with zero attached hydrogens (tertiary/aromatic N) is 1. The third-order valence-electron chi connectivity index (χ3n) is 4.04. The van der Waals surface area contributed by atoms with Crippen molar-refractivity contribution in [2.45, 2.75) is 58.9 Å². The molecule has 3 nitrogen and oxygen atoms in total. The second-order valence-corrected chi connectivity index (χ2v) is 5.64. The van der Waals surface area contributed by atoms with Crippen molar-refractivity contribution >= 4 is 5.91 Å². The van der Waals surface area contributed by atoms with Gasteiger partial charge < -0.3 is 10.6 Å². The smallest absolute Gasteiger partial charge is 0.225 e. The molecule has 0 aromatic heterocycles. The van der Waals surface area contributed by atoms with Crippen molar-refractivity contribution in [1.82, 2.24) is 4.90 Å². The molecule has 0 heterocycles. The van der Waals surface area contributed by atoms with E-state index in [9.17, 15) is 4.79 Å². The Kier molecular flexibility index (Phi) is 5.96. The molecule has 0 bridgehead atoms. The predicted octanol–water partition coefficient (Wildman–Crippen LogP) is 2.40. The third kappa shape index (κ3) is 3.98. The van der Waals surface area contributed by atoms with Gasteiger partial charge in [-0.25, -0.2) is 0 Å². The Hall–Kier alpha value is -0.570. The van der Waals surface area contributed by atoms with Gasteiger partial charge in [-0.1, -0.05) is 33.6 Å². The molecule has 0 aromatic carbocycles. The van der Waals surface area contributed by atoms with Gasteiger partial charge in [0.05, 0.1) is 0 Å². The summed E-state index contributed by atoms with van der Waals surface area (Å²) in [6.07, 6.45) is 5.83. The van der Waals surface area contributed by atoms with Gasteiger partial charge in [0.1, 0.15) is 0 Å². The van der Waals surface area contributed by atoms with Crippen molar-refractivity contribution < 1.29 is 4.79 Å². The van der Waals surface area contributed by atoms with Crippen LogP contribution < -0.4 is 5.73 Å². The van der Waals surface area contributed by atoms with E-state index in [4.69, 9.17) is 5.73 Å². The Labute approximate surface area is 106 Å². The Bertz CT molecular complexity index is 234. The molecule has 1 atom stereocenters. The Morgan fingerprint density at radius 1 is 1.29 bits per heavy atom. The molecule has 1 amide bonds. The molecule has 1 aliphatic rings. The zero-order valence-electron chi connectivity index (χ0n) is 11.6. The van der Waals surface area contributed by atoms with Crippen molar-refractivity contribution in [2.75, 3.05) is 13.1 Å². The minimum absolute atomic E-state index is 0.133. The molecule has 0 radical (unpaired) electrons. The van der Waals surface area contributed by atoms with E-state index >= 15 is 0 Å². The summed E-state index contributed by atoms with van der Waals surface area (Å²) in [6, 6.07) is 0.482. The number of carbonyl (C=O) groups is 1. The largest absolute Gasteiger partial charge is 0.339 e. The van der Waals surface area contributed by atoms with E-state index in [1.54, 1.807) is 0 Å². The monoisotopic (exact) mass is 240 g/mol. The lowest BCUT2D eigenvalue weighted by Crippen LogP contribution is -2.44. The van der Waals surface area contributed by atoms with Gasteiger partial charge >= 0.3 is 0 Å². The number of hydrogen-bond acceptors (Lipinski definition) is 2. The predicted molar refractivity (Wildman–Crippen MR) is 71.6 cm³/mol. The lowest BCUT2D eigenvalue weighted by molar-refractivity contribution is -0.138. The fourth-order valence-electron chi connectivity index (χ4n) is 2.50. The summed E-state index contributed by atoms with van der Waals surface area (Å²) < 4.78 is 0. The van der Waals surface area contributed by atoms with Crippen molar-refractivity contribution in [2.24, 2.45) is 17.6 Å². The first kappa shape index (κ1) is 14.5. The maximum atomic E-state index is 12.5. The zero-order valence-corrected chi connectivity index (χ0v) is 11.6. The molecule has 17 heavy (non-hydrogen) atoms. The number of amides is 1. The molecule has 2 N–H and O–H groups in total. The first-order chi connectivity index (χ1) is 8.07. The topological polar surface area (TPSA) is 46.3 Å². The van der Waals surface area contributed by atoms with Crippen LogP contribution in [0.15, 0.2) is 0 Å². The maximum Gasteiger partial charge on any atom is 0.225 e. The third-order valence-corrected chi connectivity index (χ3v) is 4.04. The second-order valence-electron chi connectivity index (χ2n) is 5.64. The van der Waals surface area contributed by atoms with E-state index < -0.39 is 0 Å². The maximum absolute atomic E-state index is 12.5. The Morgan fingerprint density at radius 2 is 1.88 bits per heavy atom. The Balaban J connectivity index is 2.63. The van der Waals surface area contributed by atoms with Gasteiger partial charge in [-0.15, -0.1) is 0 Å². The number of rotatable bonds is 6. The highest BCUT2D eigenvalue weighted by molar-refractivity contribution is 5.79. The summed E-state index contributed by atoms with van der Waals surface area (Å²) in [5.74, 6) is 0.887. The zero-order chi connectivity index (χ0) is 12.8. The lowest BCUT2D eigenvalue weighted by atomic mass is 9.95. The summed E-state index contributed by atoms with van der Waals surface area (Å²) >= 11 is 0. The van der Waals surface area contributed by atoms with Gasteiger partial charge in [-0.05, 0) is 31.7 Å². The molecule has 0 aromatic rings. The molecular formula is C14H28N2O. The molecule has 0 aliphatic heterocycles. The highest BCUT2D eigenvalue weighted by atomic mass is 16.2. The minimum Gasteiger partial charge on any atom is -0.339 e. The first-order valence-corrected chi connectivity index (χ1v) is 7.08. The van der Waals surface area contributed by atoms with Gasteiger partial charge in [-0.3, -0.25) is 4.79 Å². The summed E-state index contributed by atoms with van der Waals surface area (Å²) in [7, 11) is 0. The fraction of sp³-hybridized carbons (Fsp3) is 0.929. The first-order valence-electron chi connectivity index (χ1n) is 7.08. The molecule has 0 spiro atoms. The van der Waals surface area contributed by atoms with E-state index in [-0.39, 0.29) is 5.92 Å². The summed E-state index contributed by atoms with van der Waals surface area (Å²) in [5, 5.41) is 0. The van der Waals surface area contributed by atoms with Crippen LogP contribution in [0.25, 0.3) is 0 Å². The van der Waals surface area contributed by atoms with Crippen molar-refractivity contribution in [3.8, 4) is 0 Å². The van der Waals surface area contributed by atoms with E-state index in [1.807, 2.05) is 0 Å². The van der Waals surface area contributed by atoms with Crippen LogP contribution in [0.5, 0.6) is 0 Å². The standard InChI is InChI=1S/C14H28N2O/c1-11(2)12(3)14(17)16(10-6-9-15)13-7-4-5-8-13/h11-13H,4-10,15H2,1-3H3. The van der Waals surface area contributed by atoms with Crippen molar-refractivity contribution in [1.29, 1.82) is 0 Å². The van der Waals surface area contributed by atoms with Crippen molar-refractivity contribution in [3.63, 3.8) is 0 Å². The summed E-state index contributed by atoms with van der Waals surface area (Å²) in [4.78, 5) is 14.6. The molecule has 1 aliphatic carbocycles. The molecule has 100 valence electrons. The van der Waals surface area contributed by atoms with Gasteiger partial charge in [0.15, 0.2) is 0 Å². The van der Waals surface area contributed by atoms with Crippen LogP contribution in [0.4, 0.5) is 0 Å². The van der Waals surface area contributed by atoms with Gasteiger partial charge in [0, 0.05) is 18.5 Å². The summed E-state index contributed by atoms with van der Waals surface area (Å²) in [6.45, 7) is 7.82. The van der Waals surface area contributed by atoms with Crippen LogP contribution in [0, 0.1) is 11.8 Å². The van der Waals surface area contributed by atoms with Crippen LogP contribution in [-0.4, -0.2) is 29.9 Å². The number of nitrogens with two attached hydrogens (primary N) is 1. The molecule has 3 heteroatoms. The average molecular weight is 240 g/mol. The van der Waals surface area contributed by atoms with Crippen LogP contribution in [0.3, 0.4) is 0 Å². The highest BCUT2D eigenvalue weighted by Gasteiger charge is 2.29. The van der Waals surface area contributed by atoms with Crippen LogP contribution >= 0.6 is 0 Å². The number of carbonyl (C=O) groups excluding carboxylic acids is 1. The van der Waals surface area contributed by atoms with E-state index in [2.05, 4.69) is 25.7 Å². The SMILES string of the molecule is CC(C)C(C)C(=O)N(CCCN)C1CCCC1. The molecular weight excluding hydrogens is 212 g/mol. The lowest BCUT2D eigenvalue weighted by Gasteiger charge is -2.32. The number of hydrogen-bond donors (Lipinski definition) is 1. The molecule has 1 fully saturated rings. The highest BCUT2D eigenvalue weighted by Crippen LogP contribution is 2.26. The molecule has 1 unspecified atom stereocenters. The van der Waals surface area contributed by atoms with Gasteiger partial charge in [-0.2, -0.15) is 0 Å². The fourth-order valence-corrected chi connectivity index (χ4v) is 2.50. The quantitative estimate of drug-likeness (QED) is 0.775. The summed E-state index contributed by atoms with van der Waals surface area (Å²) in [5.41, 5.74) is 5.57. The Morgan fingerprint density at radius 3 is 2.35 bits per heavy atom. The van der Waals surface area contributed by atoms with E-state index in [0.29, 0.717) is 24.4 Å². The van der Waals surface area contributed by atoms with Gasteiger partial charge in [0.25, 0.3) is 0 Å². The van der Waals surface area contributed by atoms with Crippen LogP contribution in [0.2, 0.25) is 0 Å². The molecule has 1 rings (SSSR count). The normalized spacial score (nSPS) is 18.6. The van der Waals surface area contributed by atoms with Gasteiger partial charge in [0.2, 0.25) is 5.91 Å².